The zero-order valence-corrected chi connectivity index (χ0v) is 27.9. The second-order valence-electron chi connectivity index (χ2n) is 11.7. The van der Waals surface area contributed by atoms with E-state index in [1.54, 1.807) is 13.0 Å². The smallest absolute Gasteiger partial charge is 0.681 e. The number of allylic oxidation sites excluding steroid dienone is 1. The van der Waals surface area contributed by atoms with Gasteiger partial charge in [0.1, 0.15) is 5.57 Å². The average molecular weight is 630 g/mol. The minimum atomic E-state index is -0.947. The molecule has 0 spiro atoms. The van der Waals surface area contributed by atoms with Crippen LogP contribution in [0, 0.1) is 25.7 Å². The number of Topliss-reactive ketones (excluding diaryl/α,β-unsaturated/α-hetero) is 1. The van der Waals surface area contributed by atoms with Crippen LogP contribution in [0.15, 0.2) is 17.8 Å². The number of aromatic amines is 1. The average Bonchev–Trinajstić information content (AvgIpc) is 3.76. The van der Waals surface area contributed by atoms with Crippen LogP contribution in [0.5, 0.6) is 0 Å². The number of methoxy groups -OCH3 is 1. The summed E-state index contributed by atoms with van der Waals surface area (Å²) in [5, 5.41) is 15.9. The van der Waals surface area contributed by atoms with Gasteiger partial charge in [0.25, 0.3) is 0 Å². The standard InChI is InChI=1S/C35H35N4O6.Mg/c1-7-18-15(3)22-11-23-16(4)20(9-10-28(41)42)32(38-23)30-31(35(44)45-6)34(43)29-17(5)24(39-33(29)30)12-26-19(8-2)21(14-40)27(37-26)13-25(18)36-22;/h7,11-14,16,20,32H,1,8-10H2,2-6H3,(H4-,36,37,38,39,40,41,42,43,44);/q-1;+2/p-2/t16-,20-,32?;/m0./s1. The first-order chi connectivity index (χ1) is 21.5. The van der Waals surface area contributed by atoms with Gasteiger partial charge in [0.05, 0.1) is 7.11 Å². The fraction of sp³-hybridized carbons (Fsp3) is 0.314. The molecule has 1 fully saturated rings. The van der Waals surface area contributed by atoms with Gasteiger partial charge in [-0.05, 0) is 49.7 Å². The Kier molecular flexibility index (Phi) is 8.93. The van der Waals surface area contributed by atoms with E-state index in [4.69, 9.17) is 20.0 Å². The molecule has 6 rings (SSSR count). The molecule has 0 saturated carbocycles. The second-order valence-corrected chi connectivity index (χ2v) is 11.7. The first-order valence-corrected chi connectivity index (χ1v) is 14.9. The maximum Gasteiger partial charge on any atom is 2.00 e. The summed E-state index contributed by atoms with van der Waals surface area (Å²) in [6.45, 7) is 11.6. The van der Waals surface area contributed by atoms with Crippen molar-refractivity contribution in [3.63, 3.8) is 0 Å². The summed E-state index contributed by atoms with van der Waals surface area (Å²) < 4.78 is 5.07. The van der Waals surface area contributed by atoms with Crippen LogP contribution in [0.1, 0.15) is 92.4 Å². The number of fused-ring (bicyclic) bond motifs is 8. The molecule has 0 radical (unpaired) electrons. The third-order valence-corrected chi connectivity index (χ3v) is 9.42. The van der Waals surface area contributed by atoms with Gasteiger partial charge in [-0.3, -0.25) is 14.4 Å². The number of aldehydes is 1. The van der Waals surface area contributed by atoms with Crippen LogP contribution in [-0.2, 0) is 20.7 Å². The molecule has 1 saturated heterocycles. The van der Waals surface area contributed by atoms with E-state index in [1.165, 1.54) is 7.11 Å². The fourth-order valence-corrected chi connectivity index (χ4v) is 7.02. The zero-order valence-electron chi connectivity index (χ0n) is 26.5. The van der Waals surface area contributed by atoms with Gasteiger partial charge in [-0.1, -0.05) is 67.5 Å². The number of carbonyl (C=O) groups excluding carboxylic acids is 3. The van der Waals surface area contributed by atoms with E-state index in [-0.39, 0.29) is 53.3 Å². The summed E-state index contributed by atoms with van der Waals surface area (Å²) >= 11 is 0. The monoisotopic (exact) mass is 629 g/mol. The summed E-state index contributed by atoms with van der Waals surface area (Å²) in [6.07, 6.45) is 8.81. The molecule has 3 aromatic heterocycles. The first-order valence-electron chi connectivity index (χ1n) is 14.9. The number of ether oxygens (including phenoxy) is 1. The van der Waals surface area contributed by atoms with Crippen molar-refractivity contribution >= 4 is 76.9 Å². The maximum atomic E-state index is 14.0. The van der Waals surface area contributed by atoms with E-state index in [2.05, 4.69) is 11.6 Å². The molecule has 8 bridgehead atoms. The van der Waals surface area contributed by atoms with Gasteiger partial charge >= 0.3 is 35.0 Å². The molecule has 10 nitrogen and oxygen atoms in total. The number of ketones is 1. The summed E-state index contributed by atoms with van der Waals surface area (Å²) in [5.41, 5.74) is 6.93. The van der Waals surface area contributed by atoms with E-state index >= 15 is 0 Å². The number of rotatable bonds is 7. The van der Waals surface area contributed by atoms with Crippen LogP contribution in [0.4, 0.5) is 0 Å². The number of carboxylic acid groups (broad SMARTS) is 1. The van der Waals surface area contributed by atoms with E-state index in [0.717, 1.165) is 23.0 Å². The Morgan fingerprint density at radius 1 is 1.07 bits per heavy atom. The molecular formula is C35H33MgN4O6-. The third kappa shape index (κ3) is 5.02. The van der Waals surface area contributed by atoms with Crippen LogP contribution in [-0.4, -0.2) is 70.3 Å². The number of H-pyrrole nitrogens is 1. The third-order valence-electron chi connectivity index (χ3n) is 9.42. The van der Waals surface area contributed by atoms with Crippen LogP contribution < -0.4 is 20.7 Å². The molecule has 2 aliphatic heterocycles. The number of aliphatic carboxylic acids is 1. The van der Waals surface area contributed by atoms with Crippen LogP contribution in [0.3, 0.4) is 0 Å². The largest absolute Gasteiger partial charge is 2.00 e. The van der Waals surface area contributed by atoms with Crippen molar-refractivity contribution in [2.45, 2.75) is 53.0 Å². The molecule has 3 aliphatic rings. The van der Waals surface area contributed by atoms with Gasteiger partial charge < -0.3 is 30.1 Å². The second kappa shape index (κ2) is 12.4. The number of aromatic nitrogens is 3. The van der Waals surface area contributed by atoms with Crippen LogP contribution in [0.2, 0.25) is 0 Å². The Bertz CT molecular complexity index is 2020. The van der Waals surface area contributed by atoms with Gasteiger partial charge in [-0.15, -0.1) is 22.8 Å². The van der Waals surface area contributed by atoms with Crippen LogP contribution >= 0.6 is 0 Å². The van der Waals surface area contributed by atoms with Crippen molar-refractivity contribution in [1.82, 2.24) is 15.0 Å². The summed E-state index contributed by atoms with van der Waals surface area (Å²) in [4.78, 5) is 64.4. The van der Waals surface area contributed by atoms with Crippen molar-refractivity contribution in [3.05, 3.63) is 90.0 Å². The van der Waals surface area contributed by atoms with Gasteiger partial charge in [0.15, 0.2) is 12.1 Å². The van der Waals surface area contributed by atoms with E-state index in [9.17, 15) is 24.3 Å². The number of nitrogens with zero attached hydrogens (tertiary/aromatic N) is 3. The summed E-state index contributed by atoms with van der Waals surface area (Å²) in [6, 6.07) is -0.718. The van der Waals surface area contributed by atoms with Crippen molar-refractivity contribution in [2.24, 2.45) is 11.8 Å². The molecule has 2 N–H and O–H groups in total. The molecule has 5 heterocycles. The zero-order chi connectivity index (χ0) is 32.3. The summed E-state index contributed by atoms with van der Waals surface area (Å²) in [7, 11) is 1.22. The van der Waals surface area contributed by atoms with Crippen molar-refractivity contribution in [1.29, 1.82) is 0 Å². The van der Waals surface area contributed by atoms with Crippen molar-refractivity contribution in [3.8, 4) is 0 Å². The van der Waals surface area contributed by atoms with Crippen molar-refractivity contribution in [2.75, 3.05) is 7.11 Å². The predicted molar refractivity (Wildman–Crippen MR) is 175 cm³/mol. The number of carboxylic acids is 1. The van der Waals surface area contributed by atoms with E-state index < -0.39 is 23.8 Å². The minimum Gasteiger partial charge on any atom is -0.681 e. The molecule has 0 amide bonds. The maximum absolute atomic E-state index is 14.0. The Balaban J connectivity index is 0.00000417. The topological polar surface area (TPSA) is 156 Å². The molecular weight excluding hydrogens is 597 g/mol. The number of hydrogen-bond donors (Lipinski definition) is 2. The SMILES string of the molecule is C=Cc1c2[n-]c(c1C)/C=C1\[N-]C(C3=C(C(=O)OC)C(=O)c4c3[n-]c(c4C)/C=c3\[nH]/c(c(C=O)c3CC)=C\2)[C@@H](CCC(=O)O)[C@@H]1C.[Mg+2]. The molecule has 0 aromatic carbocycles. The summed E-state index contributed by atoms with van der Waals surface area (Å²) in [5.74, 6) is -2.79. The molecule has 46 heavy (non-hydrogen) atoms. The van der Waals surface area contributed by atoms with E-state index in [1.807, 2.05) is 39.0 Å². The number of hydrogen-bond acceptors (Lipinski definition) is 5. The molecule has 11 heteroatoms. The van der Waals surface area contributed by atoms with Crippen molar-refractivity contribution < 1.29 is 29.0 Å². The van der Waals surface area contributed by atoms with Gasteiger partial charge in [-0.2, -0.15) is 5.70 Å². The van der Waals surface area contributed by atoms with Crippen LogP contribution in [0.25, 0.3) is 35.2 Å². The van der Waals surface area contributed by atoms with Gasteiger partial charge in [-0.25, -0.2) is 4.79 Å². The molecule has 1 unspecified atom stereocenters. The Morgan fingerprint density at radius 2 is 1.76 bits per heavy atom. The number of nitrogens with one attached hydrogen (secondary N) is 1. The first kappa shape index (κ1) is 33.0. The number of carbonyl (C=O) groups is 4. The molecule has 1 aliphatic carbocycles. The van der Waals surface area contributed by atoms with Gasteiger partial charge in [0, 0.05) is 28.2 Å². The Labute approximate surface area is 281 Å². The molecule has 232 valence electrons. The molecule has 3 aromatic rings. The molecule has 3 atom stereocenters. The Hall–Kier alpha value is -4.35. The van der Waals surface area contributed by atoms with Gasteiger partial charge in [0.2, 0.25) is 0 Å². The number of esters is 1. The Morgan fingerprint density at radius 3 is 2.39 bits per heavy atom. The normalized spacial score (nSPS) is 22.1. The quantitative estimate of drug-likeness (QED) is 0.175. The van der Waals surface area contributed by atoms with E-state index in [0.29, 0.717) is 67.9 Å². The predicted octanol–water partition coefficient (Wildman–Crippen LogP) is 3.19. The minimum absolute atomic E-state index is 0. The fourth-order valence-electron chi connectivity index (χ4n) is 7.02.